The lowest BCUT2D eigenvalue weighted by Crippen LogP contribution is -2.32. The molecule has 1 aliphatic heterocycles. The van der Waals surface area contributed by atoms with Gasteiger partial charge in [-0.05, 0) is 37.0 Å². The Kier molecular flexibility index (Phi) is 3.84. The van der Waals surface area contributed by atoms with E-state index in [4.69, 9.17) is 5.11 Å². The molecule has 0 atom stereocenters. The monoisotopic (exact) mass is 251 g/mol. The SMILES string of the molecule is CC1CCN(c2ccc(F)c(CC(=O)O)c2)CC1. The summed E-state index contributed by atoms with van der Waals surface area (Å²) in [7, 11) is 0. The summed E-state index contributed by atoms with van der Waals surface area (Å²) in [4.78, 5) is 12.9. The topological polar surface area (TPSA) is 40.5 Å². The number of carboxylic acid groups (broad SMARTS) is 1. The van der Waals surface area contributed by atoms with Crippen molar-refractivity contribution < 1.29 is 14.3 Å². The zero-order valence-corrected chi connectivity index (χ0v) is 10.5. The van der Waals surface area contributed by atoms with Crippen LogP contribution in [-0.4, -0.2) is 24.2 Å². The Morgan fingerprint density at radius 2 is 2.11 bits per heavy atom. The van der Waals surface area contributed by atoms with E-state index in [1.54, 1.807) is 12.1 Å². The molecule has 0 spiro atoms. The first-order valence-electron chi connectivity index (χ1n) is 6.31. The van der Waals surface area contributed by atoms with Gasteiger partial charge in [-0.2, -0.15) is 0 Å². The lowest BCUT2D eigenvalue weighted by atomic mass is 9.98. The second kappa shape index (κ2) is 5.38. The largest absolute Gasteiger partial charge is 0.481 e. The Labute approximate surface area is 106 Å². The van der Waals surface area contributed by atoms with Gasteiger partial charge in [-0.15, -0.1) is 0 Å². The van der Waals surface area contributed by atoms with Crippen LogP contribution in [0.25, 0.3) is 0 Å². The van der Waals surface area contributed by atoms with Crippen LogP contribution in [0, 0.1) is 11.7 Å². The molecule has 1 fully saturated rings. The van der Waals surface area contributed by atoms with Crippen molar-refractivity contribution >= 4 is 11.7 Å². The van der Waals surface area contributed by atoms with Gasteiger partial charge in [0.2, 0.25) is 0 Å². The fraction of sp³-hybridized carbons (Fsp3) is 0.500. The van der Waals surface area contributed by atoms with E-state index >= 15 is 0 Å². The third-order valence-corrected chi connectivity index (χ3v) is 3.52. The van der Waals surface area contributed by atoms with Crippen molar-refractivity contribution in [3.63, 3.8) is 0 Å². The molecule has 0 bridgehead atoms. The lowest BCUT2D eigenvalue weighted by Gasteiger charge is -2.32. The van der Waals surface area contributed by atoms with E-state index in [1.165, 1.54) is 6.07 Å². The lowest BCUT2D eigenvalue weighted by molar-refractivity contribution is -0.136. The van der Waals surface area contributed by atoms with Crippen LogP contribution in [0.2, 0.25) is 0 Å². The number of aliphatic carboxylic acids is 1. The minimum atomic E-state index is -1.00. The van der Waals surface area contributed by atoms with Crippen molar-refractivity contribution in [3.05, 3.63) is 29.6 Å². The molecule has 0 unspecified atom stereocenters. The van der Waals surface area contributed by atoms with Crippen molar-refractivity contribution in [1.29, 1.82) is 0 Å². The highest BCUT2D eigenvalue weighted by atomic mass is 19.1. The third kappa shape index (κ3) is 3.00. The standard InChI is InChI=1S/C14H18FNO2/c1-10-4-6-16(7-5-10)12-2-3-13(15)11(8-12)9-14(17)18/h2-3,8,10H,4-7,9H2,1H3,(H,17,18). The molecule has 0 saturated carbocycles. The maximum atomic E-state index is 13.5. The highest BCUT2D eigenvalue weighted by Gasteiger charge is 2.17. The van der Waals surface area contributed by atoms with E-state index < -0.39 is 11.8 Å². The molecule has 1 aromatic carbocycles. The molecule has 0 aromatic heterocycles. The first kappa shape index (κ1) is 12.9. The molecule has 0 amide bonds. The average molecular weight is 251 g/mol. The Morgan fingerprint density at radius 1 is 1.44 bits per heavy atom. The highest BCUT2D eigenvalue weighted by Crippen LogP contribution is 2.25. The number of carboxylic acids is 1. The van der Waals surface area contributed by atoms with E-state index in [2.05, 4.69) is 11.8 Å². The summed E-state index contributed by atoms with van der Waals surface area (Å²) in [5, 5.41) is 8.75. The number of hydrogen-bond donors (Lipinski definition) is 1. The zero-order valence-electron chi connectivity index (χ0n) is 10.5. The number of rotatable bonds is 3. The molecule has 4 heteroatoms. The van der Waals surface area contributed by atoms with Crippen LogP contribution < -0.4 is 4.90 Å². The van der Waals surface area contributed by atoms with Crippen LogP contribution in [0.15, 0.2) is 18.2 Å². The van der Waals surface area contributed by atoms with Crippen LogP contribution in [0.3, 0.4) is 0 Å². The van der Waals surface area contributed by atoms with Crippen LogP contribution in [-0.2, 0) is 11.2 Å². The van der Waals surface area contributed by atoms with Gasteiger partial charge in [0, 0.05) is 24.3 Å². The number of nitrogens with zero attached hydrogens (tertiary/aromatic N) is 1. The number of benzene rings is 1. The van der Waals surface area contributed by atoms with Gasteiger partial charge in [0.25, 0.3) is 0 Å². The summed E-state index contributed by atoms with van der Waals surface area (Å²) < 4.78 is 13.5. The van der Waals surface area contributed by atoms with E-state index in [0.717, 1.165) is 37.5 Å². The first-order valence-corrected chi connectivity index (χ1v) is 6.31. The van der Waals surface area contributed by atoms with Crippen molar-refractivity contribution in [2.75, 3.05) is 18.0 Å². The molecular weight excluding hydrogens is 233 g/mol. The molecule has 18 heavy (non-hydrogen) atoms. The summed E-state index contributed by atoms with van der Waals surface area (Å²) >= 11 is 0. The van der Waals surface area contributed by atoms with E-state index in [1.807, 2.05) is 0 Å². The van der Waals surface area contributed by atoms with Gasteiger partial charge in [0.15, 0.2) is 0 Å². The Hall–Kier alpha value is -1.58. The maximum Gasteiger partial charge on any atom is 0.307 e. The van der Waals surface area contributed by atoms with E-state index in [0.29, 0.717) is 0 Å². The Bertz CT molecular complexity index is 439. The smallest absolute Gasteiger partial charge is 0.307 e. The molecule has 1 aliphatic rings. The number of halogens is 1. The normalized spacial score (nSPS) is 16.9. The van der Waals surface area contributed by atoms with Crippen LogP contribution >= 0.6 is 0 Å². The fourth-order valence-electron chi connectivity index (χ4n) is 2.32. The summed E-state index contributed by atoms with van der Waals surface area (Å²) in [6.45, 7) is 4.15. The van der Waals surface area contributed by atoms with Crippen LogP contribution in [0.4, 0.5) is 10.1 Å². The Morgan fingerprint density at radius 3 is 2.72 bits per heavy atom. The van der Waals surface area contributed by atoms with Crippen LogP contribution in [0.1, 0.15) is 25.3 Å². The third-order valence-electron chi connectivity index (χ3n) is 3.52. The predicted molar refractivity (Wildman–Crippen MR) is 68.4 cm³/mol. The second-order valence-electron chi connectivity index (χ2n) is 5.02. The number of hydrogen-bond acceptors (Lipinski definition) is 2. The summed E-state index contributed by atoms with van der Waals surface area (Å²) in [6.07, 6.45) is 2.00. The number of anilines is 1. The van der Waals surface area contributed by atoms with Gasteiger partial charge < -0.3 is 10.0 Å². The maximum absolute atomic E-state index is 13.5. The van der Waals surface area contributed by atoms with Crippen molar-refractivity contribution in [1.82, 2.24) is 0 Å². The van der Waals surface area contributed by atoms with Gasteiger partial charge in [-0.1, -0.05) is 6.92 Å². The molecule has 0 aliphatic carbocycles. The van der Waals surface area contributed by atoms with Crippen molar-refractivity contribution in [3.8, 4) is 0 Å². The quantitative estimate of drug-likeness (QED) is 0.898. The molecule has 0 radical (unpaired) electrons. The molecule has 3 nitrogen and oxygen atoms in total. The van der Waals surface area contributed by atoms with Crippen molar-refractivity contribution in [2.24, 2.45) is 5.92 Å². The van der Waals surface area contributed by atoms with E-state index in [9.17, 15) is 9.18 Å². The van der Waals surface area contributed by atoms with Gasteiger partial charge in [0.05, 0.1) is 6.42 Å². The highest BCUT2D eigenvalue weighted by molar-refractivity contribution is 5.71. The molecule has 2 rings (SSSR count). The number of carbonyl (C=O) groups is 1. The van der Waals surface area contributed by atoms with E-state index in [-0.39, 0.29) is 12.0 Å². The van der Waals surface area contributed by atoms with Gasteiger partial charge in [0.1, 0.15) is 5.82 Å². The molecular formula is C14H18FNO2. The first-order chi connectivity index (χ1) is 8.56. The van der Waals surface area contributed by atoms with Gasteiger partial charge in [-0.25, -0.2) is 4.39 Å². The van der Waals surface area contributed by atoms with Crippen LogP contribution in [0.5, 0.6) is 0 Å². The molecule has 98 valence electrons. The molecule has 1 heterocycles. The minimum Gasteiger partial charge on any atom is -0.481 e. The summed E-state index contributed by atoms with van der Waals surface area (Å²) in [5.41, 5.74) is 1.19. The summed E-state index contributed by atoms with van der Waals surface area (Å²) in [6, 6.07) is 4.77. The number of piperidine rings is 1. The molecule has 1 saturated heterocycles. The average Bonchev–Trinajstić information content (AvgIpc) is 2.32. The molecule has 1 aromatic rings. The minimum absolute atomic E-state index is 0.260. The fourth-order valence-corrected chi connectivity index (χ4v) is 2.32. The Balaban J connectivity index is 2.16. The molecule has 1 N–H and O–H groups in total. The second-order valence-corrected chi connectivity index (χ2v) is 5.02. The van der Waals surface area contributed by atoms with Gasteiger partial charge >= 0.3 is 5.97 Å². The van der Waals surface area contributed by atoms with Gasteiger partial charge in [-0.3, -0.25) is 4.79 Å². The predicted octanol–water partition coefficient (Wildman–Crippen LogP) is 2.69. The summed E-state index contributed by atoms with van der Waals surface area (Å²) in [5.74, 6) is -0.704. The van der Waals surface area contributed by atoms with Crippen molar-refractivity contribution in [2.45, 2.75) is 26.2 Å². The zero-order chi connectivity index (χ0) is 13.1.